The van der Waals surface area contributed by atoms with E-state index in [4.69, 9.17) is 34.8 Å². The zero-order valence-electron chi connectivity index (χ0n) is 12.9. The van der Waals surface area contributed by atoms with Gasteiger partial charge in [-0.15, -0.1) is 0 Å². The first kappa shape index (κ1) is 18.1. The van der Waals surface area contributed by atoms with E-state index in [1.165, 1.54) is 0 Å². The fourth-order valence-electron chi connectivity index (χ4n) is 2.13. The van der Waals surface area contributed by atoms with Gasteiger partial charge in [-0.1, -0.05) is 46.9 Å². The molecule has 0 saturated heterocycles. The number of nitrogens with one attached hydrogen (secondary N) is 2. The Labute approximate surface area is 151 Å². The summed E-state index contributed by atoms with van der Waals surface area (Å²) in [5, 5.41) is 4.50. The quantitative estimate of drug-likeness (QED) is 0.824. The van der Waals surface area contributed by atoms with Gasteiger partial charge in [0, 0.05) is 15.6 Å². The third-order valence-electron chi connectivity index (χ3n) is 3.72. The lowest BCUT2D eigenvalue weighted by Crippen LogP contribution is -3.12. The Balaban J connectivity index is 1.99. The van der Waals surface area contributed by atoms with Crippen LogP contribution in [0.5, 0.6) is 0 Å². The van der Waals surface area contributed by atoms with Gasteiger partial charge in [0.1, 0.15) is 6.54 Å². The summed E-state index contributed by atoms with van der Waals surface area (Å²) in [6.45, 7) is 2.60. The number of quaternary nitrogens is 1. The first-order chi connectivity index (χ1) is 10.9. The molecule has 2 rings (SSSR count). The molecule has 2 N–H and O–H groups in total. The molecule has 1 unspecified atom stereocenters. The molecule has 0 fully saturated rings. The van der Waals surface area contributed by atoms with Crippen molar-refractivity contribution >= 4 is 46.4 Å². The maximum atomic E-state index is 12.4. The highest BCUT2D eigenvalue weighted by atomic mass is 35.5. The van der Waals surface area contributed by atoms with Gasteiger partial charge in [0.25, 0.3) is 5.91 Å². The van der Waals surface area contributed by atoms with E-state index in [9.17, 15) is 4.79 Å². The Kier molecular flexibility index (Phi) is 6.31. The maximum absolute atomic E-state index is 12.4. The van der Waals surface area contributed by atoms with Crippen LogP contribution in [0.3, 0.4) is 0 Å². The van der Waals surface area contributed by atoms with Crippen LogP contribution in [0.1, 0.15) is 12.5 Å². The average molecular weight is 373 g/mol. The Morgan fingerprint density at radius 1 is 1.09 bits per heavy atom. The lowest BCUT2D eigenvalue weighted by molar-refractivity contribution is -0.907. The van der Waals surface area contributed by atoms with Crippen molar-refractivity contribution in [3.63, 3.8) is 0 Å². The molecule has 0 aliphatic carbocycles. The smallest absolute Gasteiger partial charge is 0.282 e. The van der Waals surface area contributed by atoms with E-state index in [1.54, 1.807) is 18.2 Å². The van der Waals surface area contributed by atoms with Gasteiger partial charge in [0.05, 0.1) is 17.8 Å². The number of likely N-dealkylation sites (N-methyl/N-ethyl adjacent to an activating group) is 1. The predicted octanol–water partition coefficient (Wildman–Crippen LogP) is 3.69. The van der Waals surface area contributed by atoms with Gasteiger partial charge in [-0.3, -0.25) is 4.79 Å². The minimum Gasteiger partial charge on any atom is -0.324 e. The van der Waals surface area contributed by atoms with Crippen molar-refractivity contribution in [1.82, 2.24) is 0 Å². The number of benzene rings is 2. The summed E-state index contributed by atoms with van der Waals surface area (Å²) in [7, 11) is 1.97. The largest absolute Gasteiger partial charge is 0.324 e. The van der Waals surface area contributed by atoms with Gasteiger partial charge in [-0.05, 0) is 37.3 Å². The van der Waals surface area contributed by atoms with Crippen LogP contribution in [0.4, 0.5) is 5.69 Å². The Bertz CT molecular complexity index is 689. The second-order valence-corrected chi connectivity index (χ2v) is 6.76. The monoisotopic (exact) mass is 371 g/mol. The topological polar surface area (TPSA) is 33.5 Å². The molecule has 122 valence electrons. The van der Waals surface area contributed by atoms with Crippen LogP contribution in [0.15, 0.2) is 42.5 Å². The van der Waals surface area contributed by atoms with Crippen LogP contribution in [-0.4, -0.2) is 19.0 Å². The minimum absolute atomic E-state index is 0.0966. The summed E-state index contributed by atoms with van der Waals surface area (Å²) in [6.07, 6.45) is 0. The molecule has 1 amide bonds. The van der Waals surface area contributed by atoms with E-state index in [0.717, 1.165) is 17.0 Å². The number of anilines is 1. The molecule has 2 aromatic carbocycles. The molecule has 2 atom stereocenters. The first-order valence-corrected chi connectivity index (χ1v) is 8.33. The number of carbonyl (C=O) groups is 1. The molecule has 0 heterocycles. The lowest BCUT2D eigenvalue weighted by atomic mass is 10.2. The standard InChI is InChI=1S/C17H17Cl3N2O/c1-11(22(2)10-12-3-5-13(18)6-4-12)17(23)21-16-8-7-14(19)9-15(16)20/h3-9,11H,10H2,1-2H3,(H,21,23)/p+1/t11-/m0/s1. The van der Waals surface area contributed by atoms with E-state index in [1.807, 2.05) is 38.2 Å². The van der Waals surface area contributed by atoms with Crippen molar-refractivity contribution in [2.75, 3.05) is 12.4 Å². The number of halogens is 3. The number of rotatable bonds is 5. The molecule has 0 saturated carbocycles. The number of hydrogen-bond acceptors (Lipinski definition) is 1. The van der Waals surface area contributed by atoms with Gasteiger partial charge in [0.2, 0.25) is 0 Å². The third-order valence-corrected chi connectivity index (χ3v) is 4.52. The zero-order chi connectivity index (χ0) is 17.0. The predicted molar refractivity (Wildman–Crippen MR) is 96.6 cm³/mol. The lowest BCUT2D eigenvalue weighted by Gasteiger charge is -2.21. The Morgan fingerprint density at radius 3 is 2.30 bits per heavy atom. The highest BCUT2D eigenvalue weighted by Gasteiger charge is 2.22. The van der Waals surface area contributed by atoms with E-state index in [2.05, 4.69) is 5.32 Å². The van der Waals surface area contributed by atoms with Crippen LogP contribution in [0.25, 0.3) is 0 Å². The van der Waals surface area contributed by atoms with Crippen LogP contribution in [0, 0.1) is 0 Å². The van der Waals surface area contributed by atoms with Crippen LogP contribution in [0.2, 0.25) is 15.1 Å². The highest BCUT2D eigenvalue weighted by Crippen LogP contribution is 2.25. The van der Waals surface area contributed by atoms with Crippen LogP contribution < -0.4 is 10.2 Å². The van der Waals surface area contributed by atoms with E-state index < -0.39 is 0 Å². The fraction of sp³-hybridized carbons (Fsp3) is 0.235. The van der Waals surface area contributed by atoms with Crippen molar-refractivity contribution in [2.45, 2.75) is 19.5 Å². The highest BCUT2D eigenvalue weighted by molar-refractivity contribution is 6.36. The molecule has 6 heteroatoms. The fourth-order valence-corrected chi connectivity index (χ4v) is 2.71. The molecular formula is C17H18Cl3N2O+. The molecule has 3 nitrogen and oxygen atoms in total. The van der Waals surface area contributed by atoms with E-state index >= 15 is 0 Å². The second kappa shape index (κ2) is 8.02. The minimum atomic E-state index is -0.238. The second-order valence-electron chi connectivity index (χ2n) is 5.48. The summed E-state index contributed by atoms with van der Waals surface area (Å²) in [4.78, 5) is 13.5. The van der Waals surface area contributed by atoms with Crippen molar-refractivity contribution < 1.29 is 9.69 Å². The summed E-state index contributed by atoms with van der Waals surface area (Å²) in [5.74, 6) is -0.0966. The number of amides is 1. The van der Waals surface area contributed by atoms with E-state index in [-0.39, 0.29) is 11.9 Å². The van der Waals surface area contributed by atoms with Crippen LogP contribution in [-0.2, 0) is 11.3 Å². The summed E-state index contributed by atoms with van der Waals surface area (Å²) < 4.78 is 0. The van der Waals surface area contributed by atoms with Crippen molar-refractivity contribution in [3.8, 4) is 0 Å². The summed E-state index contributed by atoms with van der Waals surface area (Å²) in [5.41, 5.74) is 1.68. The van der Waals surface area contributed by atoms with Crippen molar-refractivity contribution in [2.24, 2.45) is 0 Å². The van der Waals surface area contributed by atoms with Gasteiger partial charge < -0.3 is 10.2 Å². The molecule has 0 aromatic heterocycles. The molecular weight excluding hydrogens is 355 g/mol. The normalized spacial score (nSPS) is 13.4. The number of hydrogen-bond donors (Lipinski definition) is 2. The van der Waals surface area contributed by atoms with Crippen molar-refractivity contribution in [3.05, 3.63) is 63.1 Å². The number of carbonyl (C=O) groups excluding carboxylic acids is 1. The first-order valence-electron chi connectivity index (χ1n) is 7.19. The molecule has 0 spiro atoms. The Morgan fingerprint density at radius 2 is 1.70 bits per heavy atom. The van der Waals surface area contributed by atoms with E-state index in [0.29, 0.717) is 20.8 Å². The average Bonchev–Trinajstić information content (AvgIpc) is 2.51. The van der Waals surface area contributed by atoms with Crippen LogP contribution >= 0.6 is 34.8 Å². The molecule has 23 heavy (non-hydrogen) atoms. The summed E-state index contributed by atoms with van der Waals surface area (Å²) >= 11 is 17.8. The van der Waals surface area contributed by atoms with Crippen molar-refractivity contribution in [1.29, 1.82) is 0 Å². The molecule has 2 aromatic rings. The zero-order valence-corrected chi connectivity index (χ0v) is 15.1. The van der Waals surface area contributed by atoms with Gasteiger partial charge in [-0.25, -0.2) is 0 Å². The van der Waals surface area contributed by atoms with Gasteiger partial charge in [-0.2, -0.15) is 0 Å². The molecule has 0 radical (unpaired) electrons. The Hall–Kier alpha value is -1.26. The summed E-state index contributed by atoms with van der Waals surface area (Å²) in [6, 6.07) is 12.4. The van der Waals surface area contributed by atoms with Gasteiger partial charge >= 0.3 is 0 Å². The molecule has 0 bridgehead atoms. The van der Waals surface area contributed by atoms with Gasteiger partial charge in [0.15, 0.2) is 6.04 Å². The SMILES string of the molecule is C[C@@H](C(=O)Nc1ccc(Cl)cc1Cl)[NH+](C)Cc1ccc(Cl)cc1. The maximum Gasteiger partial charge on any atom is 0.282 e. The third kappa shape index (κ3) is 5.11. The molecule has 0 aliphatic rings. The molecule has 0 aliphatic heterocycles.